The number of anilines is 2. The summed E-state index contributed by atoms with van der Waals surface area (Å²) in [5, 5.41) is 0. The van der Waals surface area contributed by atoms with Crippen molar-refractivity contribution in [2.45, 2.75) is 0 Å². The number of hydrogen-bond acceptors (Lipinski definition) is 6. The molecule has 6 nitrogen and oxygen atoms in total. The number of nitrogen functional groups attached to an aromatic ring is 2. The van der Waals surface area contributed by atoms with E-state index in [0.717, 1.165) is 0 Å². The Bertz CT molecular complexity index is 501. The van der Waals surface area contributed by atoms with Gasteiger partial charge in [-0.15, -0.1) is 0 Å². The van der Waals surface area contributed by atoms with Crippen LogP contribution in [0.5, 0.6) is 0 Å². The van der Waals surface area contributed by atoms with Gasteiger partial charge in [0.15, 0.2) is 5.82 Å². The summed E-state index contributed by atoms with van der Waals surface area (Å²) >= 11 is 0. The quantitative estimate of drug-likeness (QED) is 0.635. The highest BCUT2D eigenvalue weighted by atomic mass is 15.1. The number of aliphatic imine (C=N–C) groups is 1. The molecule has 2 rings (SSSR count). The molecule has 0 aromatic carbocycles. The molecule has 0 aliphatic rings. The Hall–Kier alpha value is -2.24. The Morgan fingerprint density at radius 3 is 2.79 bits per heavy atom. The summed E-state index contributed by atoms with van der Waals surface area (Å²) in [4.78, 5) is 15.6. The van der Waals surface area contributed by atoms with Gasteiger partial charge < -0.3 is 11.5 Å². The van der Waals surface area contributed by atoms with Gasteiger partial charge in [-0.05, 0) is 12.8 Å². The molecule has 0 atom stereocenters. The van der Waals surface area contributed by atoms with Gasteiger partial charge >= 0.3 is 0 Å². The van der Waals surface area contributed by atoms with E-state index in [1.54, 1.807) is 6.07 Å². The van der Waals surface area contributed by atoms with Crippen LogP contribution in [0, 0.1) is 0 Å². The molecule has 2 aromatic rings. The van der Waals surface area contributed by atoms with Crippen LogP contribution in [0.25, 0.3) is 11.0 Å². The molecular weight excluding hydrogens is 180 g/mol. The number of hydrogen-bond donors (Lipinski definition) is 2. The van der Waals surface area contributed by atoms with E-state index >= 15 is 0 Å². The fourth-order valence-corrected chi connectivity index (χ4v) is 1.15. The monoisotopic (exact) mass is 188 g/mol. The lowest BCUT2D eigenvalue weighted by Gasteiger charge is -2.01. The fraction of sp³-hybridized carbons (Fsp3) is 0. The zero-order valence-corrected chi connectivity index (χ0v) is 7.31. The maximum Gasteiger partial charge on any atom is 0.222 e. The van der Waals surface area contributed by atoms with E-state index in [1.165, 1.54) is 6.20 Å². The van der Waals surface area contributed by atoms with Crippen molar-refractivity contribution >= 4 is 35.2 Å². The van der Waals surface area contributed by atoms with E-state index in [4.69, 9.17) is 11.5 Å². The summed E-state index contributed by atoms with van der Waals surface area (Å²) in [5.41, 5.74) is 12.7. The van der Waals surface area contributed by atoms with Crippen LogP contribution >= 0.6 is 0 Å². The topological polar surface area (TPSA) is 103 Å². The van der Waals surface area contributed by atoms with Gasteiger partial charge in [0.05, 0.1) is 17.4 Å². The maximum absolute atomic E-state index is 5.56. The summed E-state index contributed by atoms with van der Waals surface area (Å²) in [6.07, 6.45) is 1.51. The van der Waals surface area contributed by atoms with Gasteiger partial charge in [0.2, 0.25) is 5.95 Å². The first-order chi connectivity index (χ1) is 6.70. The largest absolute Gasteiger partial charge is 0.397 e. The molecule has 0 radical (unpaired) electrons. The zero-order chi connectivity index (χ0) is 10.1. The van der Waals surface area contributed by atoms with Gasteiger partial charge in [-0.3, -0.25) is 0 Å². The molecule has 6 heteroatoms. The fourth-order valence-electron chi connectivity index (χ4n) is 1.15. The van der Waals surface area contributed by atoms with Crippen molar-refractivity contribution in [2.75, 3.05) is 11.5 Å². The summed E-state index contributed by atoms with van der Waals surface area (Å²) in [6.45, 7) is 3.38. The third-order valence-corrected chi connectivity index (χ3v) is 1.71. The number of pyridine rings is 1. The molecule has 0 unspecified atom stereocenters. The molecule has 2 heterocycles. The van der Waals surface area contributed by atoms with Crippen LogP contribution in [0.1, 0.15) is 0 Å². The predicted molar refractivity (Wildman–Crippen MR) is 55.4 cm³/mol. The van der Waals surface area contributed by atoms with Crippen LogP contribution in [0.4, 0.5) is 17.5 Å². The van der Waals surface area contributed by atoms with Gasteiger partial charge in [-0.1, -0.05) is 0 Å². The molecule has 2 aromatic heterocycles. The number of aromatic nitrogens is 3. The van der Waals surface area contributed by atoms with E-state index in [0.29, 0.717) is 22.5 Å². The Labute approximate surface area is 79.7 Å². The first-order valence-electron chi connectivity index (χ1n) is 3.86. The number of nitrogens with two attached hydrogens (primary N) is 2. The smallest absolute Gasteiger partial charge is 0.222 e. The Balaban J connectivity index is 2.87. The first-order valence-corrected chi connectivity index (χ1v) is 3.86. The molecule has 0 aliphatic heterocycles. The van der Waals surface area contributed by atoms with Gasteiger partial charge in [0, 0.05) is 0 Å². The minimum Gasteiger partial charge on any atom is -0.397 e. The van der Waals surface area contributed by atoms with Crippen molar-refractivity contribution in [3.8, 4) is 0 Å². The summed E-state index contributed by atoms with van der Waals surface area (Å²) in [5.74, 6) is 0.500. The second-order valence-corrected chi connectivity index (χ2v) is 2.70. The molecule has 0 saturated heterocycles. The Morgan fingerprint density at radius 1 is 1.29 bits per heavy atom. The second-order valence-electron chi connectivity index (χ2n) is 2.70. The van der Waals surface area contributed by atoms with Gasteiger partial charge in [-0.2, -0.15) is 4.98 Å². The van der Waals surface area contributed by atoms with Crippen molar-refractivity contribution in [1.29, 1.82) is 0 Å². The van der Waals surface area contributed by atoms with E-state index in [1.807, 2.05) is 0 Å². The molecule has 0 aliphatic carbocycles. The zero-order valence-electron chi connectivity index (χ0n) is 7.31. The molecule has 0 spiro atoms. The van der Waals surface area contributed by atoms with Gasteiger partial charge in [-0.25, -0.2) is 15.0 Å². The first kappa shape index (κ1) is 8.36. The maximum atomic E-state index is 5.56. The molecule has 4 N–H and O–H groups in total. The molecule has 70 valence electrons. The SMILES string of the molecule is C=Nc1nc(N)nc2cc(N)cnc12. The van der Waals surface area contributed by atoms with Crippen molar-refractivity contribution < 1.29 is 0 Å². The lowest BCUT2D eigenvalue weighted by atomic mass is 10.3. The van der Waals surface area contributed by atoms with E-state index in [2.05, 4.69) is 26.7 Å². The predicted octanol–water partition coefficient (Wildman–Crippen LogP) is 0.521. The lowest BCUT2D eigenvalue weighted by Crippen LogP contribution is -1.97. The summed E-state index contributed by atoms with van der Waals surface area (Å²) in [7, 11) is 0. The molecule has 0 amide bonds. The highest BCUT2D eigenvalue weighted by Crippen LogP contribution is 2.21. The van der Waals surface area contributed by atoms with Crippen LogP contribution in [-0.2, 0) is 0 Å². The van der Waals surface area contributed by atoms with Crippen LogP contribution in [0.3, 0.4) is 0 Å². The molecule has 0 saturated carbocycles. The standard InChI is InChI=1S/C8H8N6/c1-11-7-6-5(13-8(10)14-7)2-4(9)3-12-6/h2-3H,1,9H2,(H2,10,13,14). The van der Waals surface area contributed by atoms with Gasteiger partial charge in [0.25, 0.3) is 0 Å². The van der Waals surface area contributed by atoms with Crippen LogP contribution in [0.2, 0.25) is 0 Å². The van der Waals surface area contributed by atoms with Crippen molar-refractivity contribution in [1.82, 2.24) is 15.0 Å². The number of fused-ring (bicyclic) bond motifs is 1. The molecular formula is C8H8N6. The highest BCUT2D eigenvalue weighted by molar-refractivity contribution is 5.86. The van der Waals surface area contributed by atoms with E-state index < -0.39 is 0 Å². The minimum atomic E-state index is 0.132. The normalized spacial score (nSPS) is 10.3. The third-order valence-electron chi connectivity index (χ3n) is 1.71. The van der Waals surface area contributed by atoms with Crippen LogP contribution < -0.4 is 11.5 Å². The third kappa shape index (κ3) is 1.22. The number of rotatable bonds is 1. The van der Waals surface area contributed by atoms with E-state index in [9.17, 15) is 0 Å². The average Bonchev–Trinajstić information content (AvgIpc) is 2.15. The molecule has 0 bridgehead atoms. The van der Waals surface area contributed by atoms with Crippen molar-refractivity contribution in [3.05, 3.63) is 12.3 Å². The van der Waals surface area contributed by atoms with Crippen molar-refractivity contribution in [3.63, 3.8) is 0 Å². The molecule has 0 fully saturated rings. The molecule has 14 heavy (non-hydrogen) atoms. The van der Waals surface area contributed by atoms with Crippen molar-refractivity contribution in [2.24, 2.45) is 4.99 Å². The highest BCUT2D eigenvalue weighted by Gasteiger charge is 2.05. The minimum absolute atomic E-state index is 0.132. The average molecular weight is 188 g/mol. The number of nitrogens with zero attached hydrogens (tertiary/aromatic N) is 4. The lowest BCUT2D eigenvalue weighted by molar-refractivity contribution is 1.20. The van der Waals surface area contributed by atoms with Crippen LogP contribution in [0.15, 0.2) is 17.3 Å². The van der Waals surface area contributed by atoms with Crippen LogP contribution in [-0.4, -0.2) is 21.7 Å². The van der Waals surface area contributed by atoms with Gasteiger partial charge in [0.1, 0.15) is 5.52 Å². The summed E-state index contributed by atoms with van der Waals surface area (Å²) < 4.78 is 0. The summed E-state index contributed by atoms with van der Waals surface area (Å²) in [6, 6.07) is 1.66. The van der Waals surface area contributed by atoms with E-state index in [-0.39, 0.29) is 5.95 Å². The Kier molecular flexibility index (Phi) is 1.74. The second kappa shape index (κ2) is 2.91. The Morgan fingerprint density at radius 2 is 2.07 bits per heavy atom.